The zero-order chi connectivity index (χ0) is 5.11. The maximum Gasteiger partial charge on any atom is 0.143 e. The Morgan fingerprint density at radius 1 is 2.00 bits per heavy atom. The van der Waals surface area contributed by atoms with Gasteiger partial charge in [0.05, 0.1) is 7.11 Å². The van der Waals surface area contributed by atoms with Crippen LogP contribution in [0.2, 0.25) is 0 Å². The van der Waals surface area contributed by atoms with E-state index in [1.54, 1.807) is 11.6 Å². The lowest BCUT2D eigenvalue weighted by Crippen LogP contribution is -2.08. The topological polar surface area (TPSA) is 24.8 Å². The normalized spacial score (nSPS) is 21.3. The Kier molecular flexibility index (Phi) is 1.67. The van der Waals surface area contributed by atoms with Crippen molar-refractivity contribution in [2.45, 2.75) is 0 Å². The Bertz CT molecular complexity index is 77.0. The predicted molar refractivity (Wildman–Crippen MR) is 28.7 cm³/mol. The van der Waals surface area contributed by atoms with Crippen LogP contribution in [-0.4, -0.2) is 23.8 Å². The maximum atomic E-state index is 4.75. The number of nitrogens with zero attached hydrogens (tertiary/aromatic N) is 2. The van der Waals surface area contributed by atoms with Gasteiger partial charge in [0.15, 0.2) is 0 Å². The summed E-state index contributed by atoms with van der Waals surface area (Å²) in [7, 11) is 1.61. The van der Waals surface area contributed by atoms with E-state index in [1.165, 1.54) is 11.9 Å². The minimum atomic E-state index is 0.598. The van der Waals surface area contributed by atoms with E-state index >= 15 is 0 Å². The Labute approximate surface area is 46.4 Å². The first-order valence-corrected chi connectivity index (χ1v) is 2.61. The van der Waals surface area contributed by atoms with Crippen molar-refractivity contribution in [1.29, 1.82) is 0 Å². The lowest BCUT2D eigenvalue weighted by molar-refractivity contribution is -0.0314. The molecule has 1 heterocycles. The molecule has 0 amide bonds. The molecule has 7 heavy (non-hydrogen) atoms. The molecule has 0 fully saturated rings. The largest absolute Gasteiger partial charge is 0.289 e. The van der Waals surface area contributed by atoms with Crippen molar-refractivity contribution >= 4 is 17.5 Å². The molecule has 3 nitrogen and oxygen atoms in total. The summed E-state index contributed by atoms with van der Waals surface area (Å²) in [6.45, 7) is 0.598. The van der Waals surface area contributed by atoms with Gasteiger partial charge in [-0.15, -0.1) is 4.47 Å². The third-order valence-corrected chi connectivity index (χ3v) is 1.28. The molecule has 0 aromatic heterocycles. The summed E-state index contributed by atoms with van der Waals surface area (Å²) in [4.78, 5) is 8.50. The molecule has 1 aliphatic rings. The third kappa shape index (κ3) is 1.15. The van der Waals surface area contributed by atoms with Crippen molar-refractivity contribution in [3.63, 3.8) is 0 Å². The highest BCUT2D eigenvalue weighted by Gasteiger charge is 2.05. The number of hydrogen-bond acceptors (Lipinski definition) is 4. The molecule has 0 aromatic rings. The molecule has 4 heteroatoms. The Balaban J connectivity index is 2.22. The van der Waals surface area contributed by atoms with Gasteiger partial charge in [-0.1, -0.05) is 0 Å². The Hall–Kier alpha value is -0.0600. The molecule has 0 unspecified atom stereocenters. The second kappa shape index (κ2) is 2.30. The van der Waals surface area contributed by atoms with Gasteiger partial charge >= 0.3 is 0 Å². The number of hydrogen-bond donors (Lipinski definition) is 0. The van der Waals surface area contributed by atoms with Crippen LogP contribution in [0, 0.1) is 0 Å². The van der Waals surface area contributed by atoms with Crippen LogP contribution in [0.4, 0.5) is 0 Å². The van der Waals surface area contributed by atoms with Crippen LogP contribution in [0.1, 0.15) is 0 Å². The van der Waals surface area contributed by atoms with Crippen LogP contribution in [0.15, 0.2) is 4.99 Å². The second-order valence-electron chi connectivity index (χ2n) is 0.997. The summed E-state index contributed by atoms with van der Waals surface area (Å²) >= 11 is 1.34. The minimum Gasteiger partial charge on any atom is -0.289 e. The molecule has 0 aromatic carbocycles. The first kappa shape index (κ1) is 5.08. The van der Waals surface area contributed by atoms with E-state index in [0.29, 0.717) is 6.67 Å². The van der Waals surface area contributed by atoms with E-state index in [2.05, 4.69) is 10.5 Å². The van der Waals surface area contributed by atoms with E-state index in [1.807, 2.05) is 0 Å². The van der Waals surface area contributed by atoms with Gasteiger partial charge in [-0.2, -0.15) is 0 Å². The zero-order valence-corrected chi connectivity index (χ0v) is 4.73. The highest BCUT2D eigenvalue weighted by molar-refractivity contribution is 8.10. The standard InChI is InChI=1S/C3H5N2OS/c1-6-5-2-4-3-7-5/h2H2,1H3. The molecule has 0 atom stereocenters. The van der Waals surface area contributed by atoms with Crippen LogP contribution in [0.5, 0.6) is 0 Å². The molecule has 1 radical (unpaired) electrons. The smallest absolute Gasteiger partial charge is 0.143 e. The molecule has 0 aliphatic carbocycles. The van der Waals surface area contributed by atoms with E-state index in [9.17, 15) is 0 Å². The molecule has 1 aliphatic heterocycles. The highest BCUT2D eigenvalue weighted by Crippen LogP contribution is 2.10. The van der Waals surface area contributed by atoms with E-state index < -0.39 is 0 Å². The molecular weight excluding hydrogens is 112 g/mol. The number of rotatable bonds is 1. The van der Waals surface area contributed by atoms with Gasteiger partial charge in [0.2, 0.25) is 0 Å². The summed E-state index contributed by atoms with van der Waals surface area (Å²) < 4.78 is 1.62. The van der Waals surface area contributed by atoms with Gasteiger partial charge in [-0.05, 0) is 0 Å². The van der Waals surface area contributed by atoms with Crippen molar-refractivity contribution in [3.8, 4) is 0 Å². The lowest BCUT2D eigenvalue weighted by atomic mass is 11.2. The molecular formula is C3H5N2OS. The van der Waals surface area contributed by atoms with Crippen molar-refractivity contribution in [2.75, 3.05) is 13.8 Å². The van der Waals surface area contributed by atoms with Gasteiger partial charge < -0.3 is 0 Å². The van der Waals surface area contributed by atoms with Gasteiger partial charge in [0.1, 0.15) is 12.2 Å². The van der Waals surface area contributed by atoms with Crippen LogP contribution in [-0.2, 0) is 4.84 Å². The fraction of sp³-hybridized carbons (Fsp3) is 0.667. The fourth-order valence-corrected chi connectivity index (χ4v) is 0.681. The summed E-state index contributed by atoms with van der Waals surface area (Å²) in [5, 5.41) is 0. The fourth-order valence-electron chi connectivity index (χ4n) is 0.285. The first-order valence-electron chi connectivity index (χ1n) is 1.83. The van der Waals surface area contributed by atoms with E-state index in [4.69, 9.17) is 4.84 Å². The van der Waals surface area contributed by atoms with Gasteiger partial charge in [0.25, 0.3) is 0 Å². The molecule has 0 saturated heterocycles. The minimum absolute atomic E-state index is 0.598. The lowest BCUT2D eigenvalue weighted by Gasteiger charge is -2.04. The van der Waals surface area contributed by atoms with Crippen molar-refractivity contribution in [3.05, 3.63) is 0 Å². The molecule has 39 valence electrons. The van der Waals surface area contributed by atoms with Gasteiger partial charge in [-0.25, -0.2) is 0 Å². The third-order valence-electron chi connectivity index (χ3n) is 0.597. The quantitative estimate of drug-likeness (QED) is 0.464. The monoisotopic (exact) mass is 117 g/mol. The van der Waals surface area contributed by atoms with Crippen LogP contribution < -0.4 is 0 Å². The number of aliphatic imine (C=N–C) groups is 1. The molecule has 0 bridgehead atoms. The molecule has 1 rings (SSSR count). The Morgan fingerprint density at radius 3 is 3.14 bits per heavy atom. The maximum absolute atomic E-state index is 4.75. The van der Waals surface area contributed by atoms with E-state index in [0.717, 1.165) is 0 Å². The summed E-state index contributed by atoms with van der Waals surface area (Å²) in [6.07, 6.45) is 0. The van der Waals surface area contributed by atoms with E-state index in [-0.39, 0.29) is 0 Å². The van der Waals surface area contributed by atoms with Crippen LogP contribution in [0.3, 0.4) is 0 Å². The molecule has 0 saturated carbocycles. The summed E-state index contributed by atoms with van der Waals surface area (Å²) in [5.41, 5.74) is 2.67. The average molecular weight is 117 g/mol. The highest BCUT2D eigenvalue weighted by atomic mass is 32.2. The SMILES string of the molecule is CON1CN=[C]S1. The van der Waals surface area contributed by atoms with Crippen LogP contribution in [0.25, 0.3) is 0 Å². The zero-order valence-electron chi connectivity index (χ0n) is 3.92. The summed E-state index contributed by atoms with van der Waals surface area (Å²) in [5.74, 6) is 0. The average Bonchev–Trinajstić information content (AvgIpc) is 2.14. The first-order chi connectivity index (χ1) is 3.43. The molecule has 0 spiro atoms. The van der Waals surface area contributed by atoms with Crippen molar-refractivity contribution < 1.29 is 4.84 Å². The van der Waals surface area contributed by atoms with Crippen molar-refractivity contribution in [1.82, 2.24) is 4.47 Å². The Morgan fingerprint density at radius 2 is 2.86 bits per heavy atom. The van der Waals surface area contributed by atoms with Gasteiger partial charge in [-0.3, -0.25) is 9.83 Å². The molecule has 0 N–H and O–H groups in total. The second-order valence-corrected chi connectivity index (χ2v) is 1.77. The van der Waals surface area contributed by atoms with Gasteiger partial charge in [0, 0.05) is 11.9 Å². The number of hydroxylamine groups is 1. The predicted octanol–water partition coefficient (Wildman–Crippen LogP) is 0.374. The summed E-state index contributed by atoms with van der Waals surface area (Å²) in [6, 6.07) is 0. The van der Waals surface area contributed by atoms with Crippen molar-refractivity contribution in [2.24, 2.45) is 4.99 Å². The van der Waals surface area contributed by atoms with Crippen LogP contribution >= 0.6 is 11.9 Å².